The van der Waals surface area contributed by atoms with Crippen LogP contribution in [0.15, 0.2) is 24.3 Å². The molecule has 0 amide bonds. The second kappa shape index (κ2) is 6.27. The van der Waals surface area contributed by atoms with Crippen molar-refractivity contribution in [1.29, 1.82) is 0 Å². The summed E-state index contributed by atoms with van der Waals surface area (Å²) in [5, 5.41) is 0. The molecule has 0 aromatic carbocycles. The Morgan fingerprint density at radius 3 is 2.50 bits per heavy atom. The van der Waals surface area contributed by atoms with E-state index in [2.05, 4.69) is 19.1 Å². The minimum absolute atomic E-state index is 0.116. The maximum absolute atomic E-state index is 10.4. The minimum Gasteiger partial charge on any atom is -0.295 e. The van der Waals surface area contributed by atoms with Crippen molar-refractivity contribution >= 4 is 5.78 Å². The van der Waals surface area contributed by atoms with Gasteiger partial charge in [0, 0.05) is 0 Å². The number of hydrogen-bond acceptors (Lipinski definition) is 1. The lowest BCUT2D eigenvalue weighted by Gasteiger charge is -1.80. The highest BCUT2D eigenvalue weighted by Gasteiger charge is 1.77. The summed E-state index contributed by atoms with van der Waals surface area (Å²) in [6.45, 7) is 3.64. The Labute approximate surface area is 62.4 Å². The summed E-state index contributed by atoms with van der Waals surface area (Å²) in [5.74, 6) is 0.116. The standard InChI is InChI=1S/C9H14O/c1-3-4-5-6-7-8-9(2)10/h4-5,7-8H,3,6H2,1-2H3/b5-4+,8-7+. The summed E-state index contributed by atoms with van der Waals surface area (Å²) in [6.07, 6.45) is 9.54. The fourth-order valence-electron chi connectivity index (χ4n) is 0.575. The van der Waals surface area contributed by atoms with Crippen molar-refractivity contribution in [2.75, 3.05) is 0 Å². The van der Waals surface area contributed by atoms with Crippen LogP contribution < -0.4 is 0 Å². The molecule has 0 fully saturated rings. The monoisotopic (exact) mass is 138 g/mol. The Morgan fingerprint density at radius 2 is 2.00 bits per heavy atom. The van der Waals surface area contributed by atoms with Crippen molar-refractivity contribution in [2.45, 2.75) is 26.7 Å². The van der Waals surface area contributed by atoms with E-state index < -0.39 is 0 Å². The summed E-state index contributed by atoms with van der Waals surface area (Å²) in [6, 6.07) is 0. The Hall–Kier alpha value is -0.850. The number of ketones is 1. The lowest BCUT2D eigenvalue weighted by molar-refractivity contribution is -0.112. The maximum Gasteiger partial charge on any atom is 0.152 e. The molecular weight excluding hydrogens is 124 g/mol. The van der Waals surface area contributed by atoms with E-state index in [4.69, 9.17) is 0 Å². The molecule has 0 aromatic rings. The zero-order valence-electron chi connectivity index (χ0n) is 6.63. The summed E-state index contributed by atoms with van der Waals surface area (Å²) in [7, 11) is 0. The predicted molar refractivity (Wildman–Crippen MR) is 43.9 cm³/mol. The average molecular weight is 138 g/mol. The largest absolute Gasteiger partial charge is 0.295 e. The van der Waals surface area contributed by atoms with Crippen molar-refractivity contribution in [3.05, 3.63) is 24.3 Å². The molecule has 0 rings (SSSR count). The molecule has 56 valence electrons. The number of allylic oxidation sites excluding steroid dienone is 4. The first-order valence-corrected chi connectivity index (χ1v) is 3.59. The van der Waals surface area contributed by atoms with E-state index in [0.29, 0.717) is 0 Å². The molecule has 0 N–H and O–H groups in total. The van der Waals surface area contributed by atoms with Crippen molar-refractivity contribution in [3.63, 3.8) is 0 Å². The predicted octanol–water partition coefficient (Wildman–Crippen LogP) is 2.49. The molecule has 0 heterocycles. The molecule has 0 aliphatic heterocycles. The fraction of sp³-hybridized carbons (Fsp3) is 0.444. The van der Waals surface area contributed by atoms with Gasteiger partial charge in [-0.05, 0) is 25.8 Å². The molecule has 0 saturated heterocycles. The zero-order chi connectivity index (χ0) is 7.82. The molecular formula is C9H14O. The highest BCUT2D eigenvalue weighted by atomic mass is 16.1. The third-order valence-corrected chi connectivity index (χ3v) is 1.03. The van der Waals surface area contributed by atoms with Crippen LogP contribution >= 0.6 is 0 Å². The molecule has 0 atom stereocenters. The van der Waals surface area contributed by atoms with Crippen LogP contribution in [0.3, 0.4) is 0 Å². The van der Waals surface area contributed by atoms with E-state index in [1.165, 1.54) is 0 Å². The average Bonchev–Trinajstić information content (AvgIpc) is 1.87. The van der Waals surface area contributed by atoms with E-state index in [1.807, 2.05) is 6.08 Å². The number of carbonyl (C=O) groups excluding carboxylic acids is 1. The summed E-state index contributed by atoms with van der Waals surface area (Å²) >= 11 is 0. The van der Waals surface area contributed by atoms with Crippen LogP contribution in [0.5, 0.6) is 0 Å². The van der Waals surface area contributed by atoms with Crippen LogP contribution in [-0.4, -0.2) is 5.78 Å². The molecule has 0 radical (unpaired) electrons. The Balaban J connectivity index is 3.35. The van der Waals surface area contributed by atoms with Crippen LogP contribution in [0.1, 0.15) is 26.7 Å². The van der Waals surface area contributed by atoms with Gasteiger partial charge in [0.2, 0.25) is 0 Å². The van der Waals surface area contributed by atoms with Crippen LogP contribution in [0.4, 0.5) is 0 Å². The number of carbonyl (C=O) groups is 1. The van der Waals surface area contributed by atoms with Crippen LogP contribution in [0.25, 0.3) is 0 Å². The molecule has 1 nitrogen and oxygen atoms in total. The summed E-state index contributed by atoms with van der Waals surface area (Å²) in [4.78, 5) is 10.4. The Kier molecular flexibility index (Phi) is 5.74. The smallest absolute Gasteiger partial charge is 0.152 e. The third kappa shape index (κ3) is 7.15. The van der Waals surface area contributed by atoms with Crippen molar-refractivity contribution in [1.82, 2.24) is 0 Å². The van der Waals surface area contributed by atoms with Gasteiger partial charge in [0.05, 0.1) is 0 Å². The molecule has 0 bridgehead atoms. The van der Waals surface area contributed by atoms with Gasteiger partial charge in [-0.2, -0.15) is 0 Å². The Bertz CT molecular complexity index is 143. The normalized spacial score (nSPS) is 11.4. The molecule has 0 aliphatic rings. The van der Waals surface area contributed by atoms with E-state index in [-0.39, 0.29) is 5.78 Å². The van der Waals surface area contributed by atoms with Gasteiger partial charge in [-0.15, -0.1) is 0 Å². The molecule has 0 saturated carbocycles. The van der Waals surface area contributed by atoms with Gasteiger partial charge in [-0.1, -0.05) is 25.2 Å². The lowest BCUT2D eigenvalue weighted by Crippen LogP contribution is -1.78. The molecule has 0 unspecified atom stereocenters. The van der Waals surface area contributed by atoms with E-state index in [9.17, 15) is 4.79 Å². The second-order valence-corrected chi connectivity index (χ2v) is 2.13. The molecule has 0 aliphatic carbocycles. The highest BCUT2D eigenvalue weighted by molar-refractivity contribution is 5.87. The Morgan fingerprint density at radius 1 is 1.30 bits per heavy atom. The van der Waals surface area contributed by atoms with Crippen LogP contribution in [0, 0.1) is 0 Å². The maximum atomic E-state index is 10.4. The first kappa shape index (κ1) is 9.15. The molecule has 1 heteroatoms. The van der Waals surface area contributed by atoms with Gasteiger partial charge in [-0.3, -0.25) is 4.79 Å². The first-order chi connectivity index (χ1) is 4.77. The van der Waals surface area contributed by atoms with E-state index >= 15 is 0 Å². The number of hydrogen-bond donors (Lipinski definition) is 0. The second-order valence-electron chi connectivity index (χ2n) is 2.13. The van der Waals surface area contributed by atoms with Crippen molar-refractivity contribution in [3.8, 4) is 0 Å². The third-order valence-electron chi connectivity index (χ3n) is 1.03. The van der Waals surface area contributed by atoms with Crippen LogP contribution in [-0.2, 0) is 4.79 Å². The number of rotatable bonds is 4. The van der Waals surface area contributed by atoms with Gasteiger partial charge in [0.15, 0.2) is 5.78 Å². The summed E-state index contributed by atoms with van der Waals surface area (Å²) < 4.78 is 0. The highest BCUT2D eigenvalue weighted by Crippen LogP contribution is 1.88. The first-order valence-electron chi connectivity index (χ1n) is 3.59. The molecule has 0 aromatic heterocycles. The van der Waals surface area contributed by atoms with Gasteiger partial charge in [0.25, 0.3) is 0 Å². The minimum atomic E-state index is 0.116. The lowest BCUT2D eigenvalue weighted by atomic mass is 10.3. The van der Waals surface area contributed by atoms with Crippen LogP contribution in [0.2, 0.25) is 0 Å². The van der Waals surface area contributed by atoms with Gasteiger partial charge < -0.3 is 0 Å². The molecule has 0 spiro atoms. The quantitative estimate of drug-likeness (QED) is 0.431. The van der Waals surface area contributed by atoms with Gasteiger partial charge in [-0.25, -0.2) is 0 Å². The van der Waals surface area contributed by atoms with Gasteiger partial charge in [0.1, 0.15) is 0 Å². The summed E-state index contributed by atoms with van der Waals surface area (Å²) in [5.41, 5.74) is 0. The van der Waals surface area contributed by atoms with E-state index in [1.54, 1.807) is 13.0 Å². The van der Waals surface area contributed by atoms with Crippen molar-refractivity contribution < 1.29 is 4.79 Å². The zero-order valence-corrected chi connectivity index (χ0v) is 6.63. The topological polar surface area (TPSA) is 17.1 Å². The molecule has 10 heavy (non-hydrogen) atoms. The van der Waals surface area contributed by atoms with E-state index in [0.717, 1.165) is 12.8 Å². The van der Waals surface area contributed by atoms with Crippen molar-refractivity contribution in [2.24, 2.45) is 0 Å². The van der Waals surface area contributed by atoms with Gasteiger partial charge >= 0.3 is 0 Å². The SMILES string of the molecule is CC/C=C/C/C=C/C(C)=O. The fourth-order valence-corrected chi connectivity index (χ4v) is 0.575.